The Hall–Kier alpha value is -1.95. The number of carbonyl (C=O) groups is 1. The van der Waals surface area contributed by atoms with Crippen LogP contribution in [0.5, 0.6) is 11.6 Å². The fraction of sp³-hybridized carbons (Fsp3) is 0.214. The van der Waals surface area contributed by atoms with Crippen molar-refractivity contribution in [2.45, 2.75) is 19.8 Å². The average Bonchev–Trinajstić information content (AvgIpc) is 2.41. The van der Waals surface area contributed by atoms with Gasteiger partial charge >= 0.3 is 0 Å². The van der Waals surface area contributed by atoms with E-state index in [1.165, 1.54) is 12.4 Å². The van der Waals surface area contributed by atoms with Crippen molar-refractivity contribution >= 4 is 21.8 Å². The van der Waals surface area contributed by atoms with Gasteiger partial charge in [-0.3, -0.25) is 4.79 Å². The lowest BCUT2D eigenvalue weighted by Crippen LogP contribution is -2.15. The van der Waals surface area contributed by atoms with E-state index in [1.807, 2.05) is 18.2 Å². The van der Waals surface area contributed by atoms with Gasteiger partial charge in [0.1, 0.15) is 5.75 Å². The predicted molar refractivity (Wildman–Crippen MR) is 78.9 cm³/mol. The highest BCUT2D eigenvalue weighted by atomic mass is 79.9. The fourth-order valence-electron chi connectivity index (χ4n) is 1.74. The summed E-state index contributed by atoms with van der Waals surface area (Å²) in [6.07, 6.45) is 2.85. The number of aromatic nitrogens is 2. The Morgan fingerprint density at radius 1 is 1.30 bits per heavy atom. The summed E-state index contributed by atoms with van der Waals surface area (Å²) in [6, 6.07) is 5.65. The Bertz CT molecular complexity index is 644. The molecule has 2 N–H and O–H groups in total. The largest absolute Gasteiger partial charge is 0.437 e. The standard InChI is InChI=1S/C14H14BrN3O2/c1-8(2)10-7-9(15)3-4-11(10)20-14-12(13(16)19)17-5-6-18-14/h3-8H,1-2H3,(H2,16,19). The Labute approximate surface area is 125 Å². The van der Waals surface area contributed by atoms with Gasteiger partial charge in [-0.25, -0.2) is 9.97 Å². The minimum Gasteiger partial charge on any atom is -0.437 e. The van der Waals surface area contributed by atoms with Gasteiger partial charge in [0.15, 0.2) is 5.69 Å². The molecule has 2 rings (SSSR count). The third-order valence-corrected chi connectivity index (χ3v) is 3.19. The molecule has 0 aliphatic carbocycles. The van der Waals surface area contributed by atoms with Gasteiger partial charge in [0.2, 0.25) is 0 Å². The molecule has 0 aliphatic rings. The molecule has 1 aromatic heterocycles. The molecular weight excluding hydrogens is 322 g/mol. The quantitative estimate of drug-likeness (QED) is 0.930. The van der Waals surface area contributed by atoms with Gasteiger partial charge in [0.25, 0.3) is 11.8 Å². The third-order valence-electron chi connectivity index (χ3n) is 2.70. The van der Waals surface area contributed by atoms with Crippen LogP contribution in [0.3, 0.4) is 0 Å². The van der Waals surface area contributed by atoms with Crippen LogP contribution < -0.4 is 10.5 Å². The zero-order chi connectivity index (χ0) is 14.7. The van der Waals surface area contributed by atoms with Crippen LogP contribution >= 0.6 is 15.9 Å². The zero-order valence-electron chi connectivity index (χ0n) is 11.1. The molecule has 5 nitrogen and oxygen atoms in total. The van der Waals surface area contributed by atoms with E-state index in [4.69, 9.17) is 10.5 Å². The van der Waals surface area contributed by atoms with Gasteiger partial charge in [0, 0.05) is 16.9 Å². The topological polar surface area (TPSA) is 78.1 Å². The molecule has 104 valence electrons. The first kappa shape index (κ1) is 14.5. The highest BCUT2D eigenvalue weighted by Crippen LogP contribution is 2.32. The van der Waals surface area contributed by atoms with Crippen LogP contribution in [0.25, 0.3) is 0 Å². The normalized spacial score (nSPS) is 10.6. The number of hydrogen-bond donors (Lipinski definition) is 1. The van der Waals surface area contributed by atoms with Crippen LogP contribution in [-0.2, 0) is 0 Å². The fourth-order valence-corrected chi connectivity index (χ4v) is 2.12. The minimum atomic E-state index is -0.670. The van der Waals surface area contributed by atoms with Crippen molar-refractivity contribution in [3.8, 4) is 11.6 Å². The van der Waals surface area contributed by atoms with E-state index < -0.39 is 5.91 Å². The number of benzene rings is 1. The summed E-state index contributed by atoms with van der Waals surface area (Å²) in [6.45, 7) is 4.11. The van der Waals surface area contributed by atoms with Crippen LogP contribution in [0.15, 0.2) is 35.1 Å². The molecule has 1 heterocycles. The molecule has 0 radical (unpaired) electrons. The monoisotopic (exact) mass is 335 g/mol. The Kier molecular flexibility index (Phi) is 4.34. The SMILES string of the molecule is CC(C)c1cc(Br)ccc1Oc1nccnc1C(N)=O. The maximum Gasteiger partial charge on any atom is 0.272 e. The summed E-state index contributed by atoms with van der Waals surface area (Å²) in [5.74, 6) is 0.336. The van der Waals surface area contributed by atoms with Crippen molar-refractivity contribution in [1.29, 1.82) is 0 Å². The Balaban J connectivity index is 2.43. The lowest BCUT2D eigenvalue weighted by molar-refractivity contribution is 0.0992. The molecule has 2 aromatic rings. The number of primary amides is 1. The van der Waals surface area contributed by atoms with Crippen molar-refractivity contribution in [2.24, 2.45) is 5.73 Å². The predicted octanol–water partition coefficient (Wildman–Crippen LogP) is 3.25. The maximum atomic E-state index is 11.3. The molecule has 0 atom stereocenters. The molecule has 1 aromatic carbocycles. The number of ether oxygens (including phenoxy) is 1. The first-order chi connectivity index (χ1) is 9.49. The molecule has 0 aliphatic heterocycles. The number of hydrogen-bond acceptors (Lipinski definition) is 4. The lowest BCUT2D eigenvalue weighted by atomic mass is 10.0. The first-order valence-electron chi connectivity index (χ1n) is 6.07. The van der Waals surface area contributed by atoms with Crippen molar-refractivity contribution < 1.29 is 9.53 Å². The molecule has 1 amide bonds. The summed E-state index contributed by atoms with van der Waals surface area (Å²) in [5, 5.41) is 0. The second-order valence-corrected chi connectivity index (χ2v) is 5.43. The van der Waals surface area contributed by atoms with Crippen LogP contribution in [0.4, 0.5) is 0 Å². The Morgan fingerprint density at radius 2 is 2.00 bits per heavy atom. The van der Waals surface area contributed by atoms with Crippen molar-refractivity contribution in [3.05, 3.63) is 46.3 Å². The van der Waals surface area contributed by atoms with E-state index in [0.717, 1.165) is 10.0 Å². The minimum absolute atomic E-state index is 0.0186. The van der Waals surface area contributed by atoms with Gasteiger partial charge < -0.3 is 10.5 Å². The zero-order valence-corrected chi connectivity index (χ0v) is 12.7. The Morgan fingerprint density at radius 3 is 2.65 bits per heavy atom. The number of carbonyl (C=O) groups excluding carboxylic acids is 1. The molecular formula is C14H14BrN3O2. The summed E-state index contributed by atoms with van der Waals surface area (Å²) in [5.41, 5.74) is 6.28. The summed E-state index contributed by atoms with van der Waals surface area (Å²) in [4.78, 5) is 19.2. The molecule has 0 saturated heterocycles. The third kappa shape index (κ3) is 3.14. The molecule has 0 fully saturated rings. The van der Waals surface area contributed by atoms with Crippen molar-refractivity contribution in [2.75, 3.05) is 0 Å². The number of nitrogens with two attached hydrogens (primary N) is 1. The second kappa shape index (κ2) is 6.00. The van der Waals surface area contributed by atoms with Gasteiger partial charge in [-0.2, -0.15) is 0 Å². The van der Waals surface area contributed by atoms with Crippen molar-refractivity contribution in [3.63, 3.8) is 0 Å². The van der Waals surface area contributed by atoms with E-state index in [9.17, 15) is 4.79 Å². The van der Waals surface area contributed by atoms with Crippen LogP contribution in [0.1, 0.15) is 35.8 Å². The smallest absolute Gasteiger partial charge is 0.272 e. The average molecular weight is 336 g/mol. The number of halogens is 1. The van der Waals surface area contributed by atoms with E-state index >= 15 is 0 Å². The molecule has 0 bridgehead atoms. The maximum absolute atomic E-state index is 11.3. The summed E-state index contributed by atoms with van der Waals surface area (Å²) < 4.78 is 6.68. The number of rotatable bonds is 4. The highest BCUT2D eigenvalue weighted by molar-refractivity contribution is 9.10. The van der Waals surface area contributed by atoms with Gasteiger partial charge in [0.05, 0.1) is 0 Å². The van der Waals surface area contributed by atoms with Gasteiger partial charge in [-0.15, -0.1) is 0 Å². The molecule has 6 heteroatoms. The summed E-state index contributed by atoms with van der Waals surface area (Å²) in [7, 11) is 0. The van der Waals surface area contributed by atoms with Crippen LogP contribution in [0.2, 0.25) is 0 Å². The molecule has 0 unspecified atom stereocenters. The first-order valence-corrected chi connectivity index (χ1v) is 6.86. The van der Waals surface area contributed by atoms with E-state index in [2.05, 4.69) is 39.7 Å². The van der Waals surface area contributed by atoms with E-state index in [-0.39, 0.29) is 17.5 Å². The second-order valence-electron chi connectivity index (χ2n) is 4.51. The van der Waals surface area contributed by atoms with Gasteiger partial charge in [-0.05, 0) is 29.7 Å². The molecule has 20 heavy (non-hydrogen) atoms. The lowest BCUT2D eigenvalue weighted by Gasteiger charge is -2.14. The molecule has 0 spiro atoms. The van der Waals surface area contributed by atoms with Gasteiger partial charge in [-0.1, -0.05) is 29.8 Å². The van der Waals surface area contributed by atoms with Crippen LogP contribution in [-0.4, -0.2) is 15.9 Å². The number of amides is 1. The van der Waals surface area contributed by atoms with E-state index in [1.54, 1.807) is 0 Å². The van der Waals surface area contributed by atoms with Crippen molar-refractivity contribution in [1.82, 2.24) is 9.97 Å². The van der Waals surface area contributed by atoms with Crippen LogP contribution in [0, 0.1) is 0 Å². The highest BCUT2D eigenvalue weighted by Gasteiger charge is 2.16. The number of nitrogens with zero attached hydrogens (tertiary/aromatic N) is 2. The summed E-state index contributed by atoms with van der Waals surface area (Å²) >= 11 is 3.43. The van der Waals surface area contributed by atoms with E-state index in [0.29, 0.717) is 5.75 Å². The molecule has 0 saturated carbocycles.